The minimum Gasteiger partial charge on any atom is -0.465 e. The van der Waals surface area contributed by atoms with Gasteiger partial charge >= 0.3 is 5.97 Å². The average Bonchev–Trinajstić information content (AvgIpc) is 3.57. The molecule has 1 aromatic heterocycles. The second kappa shape index (κ2) is 11.7. The van der Waals surface area contributed by atoms with Crippen molar-refractivity contribution in [2.24, 2.45) is 11.8 Å². The Morgan fingerprint density at radius 3 is 2.20 bits per heavy atom. The molecule has 222 valence electrons. The van der Waals surface area contributed by atoms with E-state index in [1.807, 2.05) is 13.0 Å². The first kappa shape index (κ1) is 27.4. The Balaban J connectivity index is 1.12. The first-order valence-corrected chi connectivity index (χ1v) is 16.5. The fraction of sp³-hybridized carbons (Fsp3) is 0.727. The zero-order valence-corrected chi connectivity index (χ0v) is 24.8. The van der Waals surface area contributed by atoms with Crippen LogP contribution in [0.1, 0.15) is 83.6 Å². The van der Waals surface area contributed by atoms with Crippen molar-refractivity contribution in [3.63, 3.8) is 0 Å². The summed E-state index contributed by atoms with van der Waals surface area (Å²) in [6, 6.07) is 10.4. The molecule has 0 radical (unpaired) electrons. The minimum absolute atomic E-state index is 0.0934. The molecule has 5 heterocycles. The number of fused-ring (bicyclic) bond motifs is 4. The Hall–Kier alpha value is -2.45. The summed E-state index contributed by atoms with van der Waals surface area (Å²) in [4.78, 5) is 38.7. The van der Waals surface area contributed by atoms with Crippen LogP contribution in [-0.4, -0.2) is 82.8 Å². The van der Waals surface area contributed by atoms with Gasteiger partial charge in [-0.25, -0.2) is 4.98 Å². The van der Waals surface area contributed by atoms with Crippen molar-refractivity contribution in [1.29, 1.82) is 0 Å². The molecule has 5 atom stereocenters. The number of esters is 1. The van der Waals surface area contributed by atoms with Gasteiger partial charge in [0.25, 0.3) is 5.56 Å². The van der Waals surface area contributed by atoms with Gasteiger partial charge in [0.05, 0.1) is 24.2 Å². The number of hydrogen-bond donors (Lipinski definition) is 0. The van der Waals surface area contributed by atoms with Gasteiger partial charge in [-0.2, -0.15) is 0 Å². The molecule has 1 aromatic carbocycles. The lowest BCUT2D eigenvalue weighted by Gasteiger charge is -2.45. The zero-order chi connectivity index (χ0) is 27.9. The summed E-state index contributed by atoms with van der Waals surface area (Å²) in [6.45, 7) is 6.06. The maximum Gasteiger partial charge on any atom is 0.320 e. The van der Waals surface area contributed by atoms with Crippen LogP contribution in [0.5, 0.6) is 0 Å². The predicted octanol–water partition coefficient (Wildman–Crippen LogP) is 4.61. The van der Waals surface area contributed by atoms with Crippen molar-refractivity contribution in [2.45, 2.75) is 102 Å². The molecular weight excluding hydrogens is 514 g/mol. The highest BCUT2D eigenvalue weighted by Crippen LogP contribution is 2.44. The number of carbonyl (C=O) groups is 1. The summed E-state index contributed by atoms with van der Waals surface area (Å²) >= 11 is 0. The van der Waals surface area contributed by atoms with Crippen LogP contribution < -0.4 is 10.5 Å². The Bertz CT molecular complexity index is 1280. The van der Waals surface area contributed by atoms with E-state index in [0.29, 0.717) is 42.9 Å². The van der Waals surface area contributed by atoms with Crippen molar-refractivity contribution < 1.29 is 9.53 Å². The Morgan fingerprint density at radius 1 is 0.854 bits per heavy atom. The summed E-state index contributed by atoms with van der Waals surface area (Å²) in [5, 5.41) is 0. The van der Waals surface area contributed by atoms with E-state index >= 15 is 0 Å². The largest absolute Gasteiger partial charge is 0.465 e. The lowest BCUT2D eigenvalue weighted by Crippen LogP contribution is -2.50. The number of benzene rings is 1. The number of ether oxygens (including phenoxy) is 1. The summed E-state index contributed by atoms with van der Waals surface area (Å²) in [5.41, 5.74) is 2.01. The summed E-state index contributed by atoms with van der Waals surface area (Å²) in [6.07, 6.45) is 14.4. The van der Waals surface area contributed by atoms with Gasteiger partial charge in [0.2, 0.25) is 0 Å². The molecule has 8 nitrogen and oxygen atoms in total. The van der Waals surface area contributed by atoms with Gasteiger partial charge in [-0.15, -0.1) is 0 Å². The number of piperidine rings is 1. The number of rotatable bonds is 6. The molecule has 0 N–H and O–H groups in total. The highest BCUT2D eigenvalue weighted by Gasteiger charge is 2.45. The topological polar surface area (TPSA) is 70.9 Å². The SMILES string of the molecule is CCOC(=O)CN1CC2CN(c3nc4ccccc4n(C4C[C@H]5CC[C@@H](C4)N5C4CCCCCCC4)c3=O)CC2C1. The summed E-state index contributed by atoms with van der Waals surface area (Å²) < 4.78 is 7.32. The van der Waals surface area contributed by atoms with E-state index in [2.05, 4.69) is 37.5 Å². The van der Waals surface area contributed by atoms with Crippen molar-refractivity contribution in [3.05, 3.63) is 34.6 Å². The molecule has 2 aromatic rings. The number of hydrogen-bond acceptors (Lipinski definition) is 7. The van der Waals surface area contributed by atoms with Gasteiger partial charge in [-0.3, -0.25) is 19.4 Å². The Morgan fingerprint density at radius 2 is 1.51 bits per heavy atom. The highest BCUT2D eigenvalue weighted by molar-refractivity contribution is 5.76. The van der Waals surface area contributed by atoms with Gasteiger partial charge in [-0.1, -0.05) is 44.2 Å². The van der Waals surface area contributed by atoms with Crippen molar-refractivity contribution >= 4 is 22.8 Å². The number of para-hydroxylation sites is 2. The monoisotopic (exact) mass is 561 g/mol. The molecule has 2 bridgehead atoms. The van der Waals surface area contributed by atoms with Crippen LogP contribution in [0.25, 0.3) is 11.0 Å². The van der Waals surface area contributed by atoms with Crippen molar-refractivity contribution in [2.75, 3.05) is 44.2 Å². The molecule has 41 heavy (non-hydrogen) atoms. The van der Waals surface area contributed by atoms with Crippen molar-refractivity contribution in [3.8, 4) is 0 Å². The van der Waals surface area contributed by atoms with E-state index < -0.39 is 0 Å². The molecule has 1 aliphatic carbocycles. The molecule has 1 saturated carbocycles. The molecule has 4 aliphatic heterocycles. The van der Waals surface area contributed by atoms with E-state index in [9.17, 15) is 9.59 Å². The minimum atomic E-state index is -0.141. The van der Waals surface area contributed by atoms with Crippen LogP contribution in [0.3, 0.4) is 0 Å². The number of likely N-dealkylation sites (tertiary alicyclic amines) is 1. The third-order valence-corrected chi connectivity index (χ3v) is 10.9. The molecule has 5 fully saturated rings. The average molecular weight is 562 g/mol. The summed E-state index contributed by atoms with van der Waals surface area (Å²) in [5.74, 6) is 1.39. The lowest BCUT2D eigenvalue weighted by molar-refractivity contribution is -0.144. The fourth-order valence-corrected chi connectivity index (χ4v) is 9.22. The third kappa shape index (κ3) is 5.31. The van der Waals surface area contributed by atoms with Crippen molar-refractivity contribution in [1.82, 2.24) is 19.4 Å². The quantitative estimate of drug-likeness (QED) is 0.477. The number of anilines is 1. The maximum atomic E-state index is 14.3. The Kier molecular flexibility index (Phi) is 7.80. The van der Waals surface area contributed by atoms with Crippen LogP contribution in [0.2, 0.25) is 0 Å². The zero-order valence-electron chi connectivity index (χ0n) is 24.8. The van der Waals surface area contributed by atoms with E-state index in [4.69, 9.17) is 9.72 Å². The molecule has 4 saturated heterocycles. The molecule has 0 spiro atoms. The van der Waals surface area contributed by atoms with Gasteiger partial charge in [0.15, 0.2) is 5.82 Å². The second-order valence-corrected chi connectivity index (χ2v) is 13.5. The smallest absolute Gasteiger partial charge is 0.320 e. The van der Waals surface area contributed by atoms with Crippen LogP contribution in [0, 0.1) is 11.8 Å². The van der Waals surface area contributed by atoms with Crippen LogP contribution >= 0.6 is 0 Å². The third-order valence-electron chi connectivity index (χ3n) is 10.9. The fourth-order valence-electron chi connectivity index (χ4n) is 9.22. The van der Waals surface area contributed by atoms with E-state index in [1.54, 1.807) is 0 Å². The molecule has 3 unspecified atom stereocenters. The number of carbonyl (C=O) groups excluding carboxylic acids is 1. The molecule has 7 rings (SSSR count). The highest BCUT2D eigenvalue weighted by atomic mass is 16.5. The van der Waals surface area contributed by atoms with Gasteiger partial charge < -0.3 is 14.2 Å². The van der Waals surface area contributed by atoms with E-state index in [0.717, 1.165) is 56.1 Å². The van der Waals surface area contributed by atoms with Gasteiger partial charge in [0, 0.05) is 50.3 Å². The Labute approximate surface area is 244 Å². The maximum absolute atomic E-state index is 14.3. The standard InChI is InChI=1S/C33H47N5O3/c1-2-41-31(39)22-35-18-23-20-36(21-24(23)19-35)32-33(40)38(30-13-9-8-12-29(30)34-32)28-16-26-14-15-27(17-28)37(26)25-10-6-4-3-5-7-11-25/h8-9,12-13,23-28H,2-7,10-11,14-22H2,1H3/t23?,24?,26-,27+,28?. The second-order valence-electron chi connectivity index (χ2n) is 13.5. The number of nitrogens with zero attached hydrogens (tertiary/aromatic N) is 5. The van der Waals surface area contributed by atoms with Gasteiger partial charge in [0.1, 0.15) is 0 Å². The number of aromatic nitrogens is 2. The van der Waals surface area contributed by atoms with Crippen LogP contribution in [0.15, 0.2) is 29.1 Å². The molecule has 8 heteroatoms. The van der Waals surface area contributed by atoms with Gasteiger partial charge in [-0.05, 0) is 69.4 Å². The molecular formula is C33H47N5O3. The predicted molar refractivity (Wildman–Crippen MR) is 161 cm³/mol. The normalized spacial score (nSPS) is 31.3. The summed E-state index contributed by atoms with van der Waals surface area (Å²) in [7, 11) is 0. The van der Waals surface area contributed by atoms with E-state index in [1.165, 1.54) is 57.8 Å². The molecule has 5 aliphatic rings. The van der Waals surface area contributed by atoms with E-state index in [-0.39, 0.29) is 17.6 Å². The first-order chi connectivity index (χ1) is 20.1. The van der Waals surface area contributed by atoms with Crippen LogP contribution in [0.4, 0.5) is 5.82 Å². The lowest BCUT2D eigenvalue weighted by atomic mass is 9.89. The van der Waals surface area contributed by atoms with Crippen LogP contribution in [-0.2, 0) is 9.53 Å². The molecule has 0 amide bonds. The first-order valence-electron chi connectivity index (χ1n) is 16.5.